The van der Waals surface area contributed by atoms with Gasteiger partial charge in [0.25, 0.3) is 11.8 Å². The zero-order chi connectivity index (χ0) is 20.7. The molecule has 2 aromatic rings. The lowest BCUT2D eigenvalue weighted by molar-refractivity contribution is -0.125. The number of ether oxygens (including phenoxy) is 3. The Hall–Kier alpha value is -3.26. The number of hydrazine groups is 1. The molecule has 0 saturated heterocycles. The van der Waals surface area contributed by atoms with E-state index in [9.17, 15) is 14.4 Å². The summed E-state index contributed by atoms with van der Waals surface area (Å²) in [6.45, 7) is 1.18. The fourth-order valence-corrected chi connectivity index (χ4v) is 2.52. The zero-order valence-electron chi connectivity index (χ0n) is 15.5. The monoisotopic (exact) mass is 406 g/mol. The normalized spacial score (nSPS) is 10.0. The third kappa shape index (κ3) is 5.14. The van der Waals surface area contributed by atoms with E-state index in [1.807, 2.05) is 0 Å². The number of halogens is 1. The second kappa shape index (κ2) is 9.61. The van der Waals surface area contributed by atoms with E-state index in [4.69, 9.17) is 25.8 Å². The van der Waals surface area contributed by atoms with Crippen LogP contribution >= 0.6 is 11.6 Å². The fraction of sp³-hybridized carbons (Fsp3) is 0.211. The molecule has 0 radical (unpaired) electrons. The molecule has 0 aliphatic rings. The largest absolute Gasteiger partial charge is 0.496 e. The van der Waals surface area contributed by atoms with Crippen LogP contribution in [-0.4, -0.2) is 38.6 Å². The van der Waals surface area contributed by atoms with Crippen LogP contribution in [-0.2, 0) is 9.53 Å². The van der Waals surface area contributed by atoms with Gasteiger partial charge in [-0.3, -0.25) is 20.4 Å². The van der Waals surface area contributed by atoms with Gasteiger partial charge in [0.15, 0.2) is 6.61 Å². The Morgan fingerprint density at radius 1 is 1.00 bits per heavy atom. The number of hydrogen-bond donors (Lipinski definition) is 2. The van der Waals surface area contributed by atoms with Gasteiger partial charge in [0, 0.05) is 5.56 Å². The van der Waals surface area contributed by atoms with Gasteiger partial charge in [-0.2, -0.15) is 0 Å². The maximum Gasteiger partial charge on any atom is 0.338 e. The minimum Gasteiger partial charge on any atom is -0.496 e. The molecule has 148 valence electrons. The number of methoxy groups -OCH3 is 2. The van der Waals surface area contributed by atoms with Gasteiger partial charge in [0.05, 0.1) is 30.4 Å². The number of hydrogen-bond acceptors (Lipinski definition) is 6. The summed E-state index contributed by atoms with van der Waals surface area (Å²) in [5.41, 5.74) is 5.42. The molecule has 2 rings (SSSR count). The molecule has 0 unspecified atom stereocenters. The highest BCUT2D eigenvalue weighted by molar-refractivity contribution is 6.33. The van der Waals surface area contributed by atoms with Crippen LogP contribution in [0.3, 0.4) is 0 Å². The van der Waals surface area contributed by atoms with Crippen LogP contribution in [0.4, 0.5) is 0 Å². The molecule has 2 amide bonds. The summed E-state index contributed by atoms with van der Waals surface area (Å²) < 4.78 is 15.3. The van der Waals surface area contributed by atoms with Gasteiger partial charge >= 0.3 is 5.97 Å². The molecule has 0 bridgehead atoms. The van der Waals surface area contributed by atoms with Gasteiger partial charge < -0.3 is 14.2 Å². The lowest BCUT2D eigenvalue weighted by Gasteiger charge is -2.12. The highest BCUT2D eigenvalue weighted by Crippen LogP contribution is 2.29. The standard InChI is InChI=1S/C19H19ClN2O6/c1-11-15(26-2)8-12(9-16(11)27-3)19(25)28-10-17(23)21-22-18(24)13-6-4-5-7-14(13)20/h4-9H,10H2,1-3H3,(H,21,23)(H,22,24). The van der Waals surface area contributed by atoms with Crippen LogP contribution in [0.5, 0.6) is 11.5 Å². The van der Waals surface area contributed by atoms with Crippen LogP contribution in [0.15, 0.2) is 36.4 Å². The van der Waals surface area contributed by atoms with Crippen molar-refractivity contribution in [2.45, 2.75) is 6.92 Å². The summed E-state index contributed by atoms with van der Waals surface area (Å²) in [6.07, 6.45) is 0. The Morgan fingerprint density at radius 2 is 1.61 bits per heavy atom. The molecule has 0 aliphatic heterocycles. The predicted octanol–water partition coefficient (Wildman–Crippen LogP) is 2.28. The van der Waals surface area contributed by atoms with Gasteiger partial charge in [-0.15, -0.1) is 0 Å². The maximum atomic E-state index is 12.2. The lowest BCUT2D eigenvalue weighted by Crippen LogP contribution is -2.43. The number of carbonyl (C=O) groups excluding carboxylic acids is 3. The Bertz CT molecular complexity index is 875. The first-order valence-electron chi connectivity index (χ1n) is 8.10. The van der Waals surface area contributed by atoms with Gasteiger partial charge in [-0.25, -0.2) is 4.79 Å². The average Bonchev–Trinajstić information content (AvgIpc) is 2.70. The third-order valence-electron chi connectivity index (χ3n) is 3.76. The molecule has 2 aromatic carbocycles. The summed E-state index contributed by atoms with van der Waals surface area (Å²) in [5.74, 6) is -1.17. The Morgan fingerprint density at radius 3 is 2.18 bits per heavy atom. The number of carbonyl (C=O) groups is 3. The van der Waals surface area contributed by atoms with E-state index < -0.39 is 24.4 Å². The van der Waals surface area contributed by atoms with E-state index in [2.05, 4.69) is 10.9 Å². The number of amides is 2. The second-order valence-corrected chi connectivity index (χ2v) is 5.97. The zero-order valence-corrected chi connectivity index (χ0v) is 16.3. The molecule has 9 heteroatoms. The van der Waals surface area contributed by atoms with Crippen molar-refractivity contribution in [2.24, 2.45) is 0 Å². The summed E-state index contributed by atoms with van der Waals surface area (Å²) in [6, 6.07) is 9.32. The van der Waals surface area contributed by atoms with Crippen molar-refractivity contribution in [1.29, 1.82) is 0 Å². The highest BCUT2D eigenvalue weighted by Gasteiger charge is 2.16. The van der Waals surface area contributed by atoms with Crippen molar-refractivity contribution in [2.75, 3.05) is 20.8 Å². The molecule has 0 atom stereocenters. The molecule has 0 spiro atoms. The van der Waals surface area contributed by atoms with E-state index in [0.717, 1.165) is 5.56 Å². The summed E-state index contributed by atoms with van der Waals surface area (Å²) in [7, 11) is 2.93. The van der Waals surface area contributed by atoms with Crippen molar-refractivity contribution >= 4 is 29.4 Å². The predicted molar refractivity (Wildman–Crippen MR) is 102 cm³/mol. The fourth-order valence-electron chi connectivity index (χ4n) is 2.29. The Labute approximate surface area is 166 Å². The summed E-state index contributed by atoms with van der Waals surface area (Å²) in [4.78, 5) is 36.0. The minimum absolute atomic E-state index is 0.159. The van der Waals surface area contributed by atoms with E-state index in [-0.39, 0.29) is 16.1 Å². The number of nitrogens with one attached hydrogen (secondary N) is 2. The van der Waals surface area contributed by atoms with E-state index in [1.54, 1.807) is 25.1 Å². The SMILES string of the molecule is COc1cc(C(=O)OCC(=O)NNC(=O)c2ccccc2Cl)cc(OC)c1C. The molecule has 0 heterocycles. The summed E-state index contributed by atoms with van der Waals surface area (Å²) >= 11 is 5.90. The second-order valence-electron chi connectivity index (χ2n) is 5.56. The Balaban J connectivity index is 1.91. The van der Waals surface area contributed by atoms with Gasteiger partial charge in [0.1, 0.15) is 11.5 Å². The number of esters is 1. The van der Waals surface area contributed by atoms with Crippen LogP contribution in [0, 0.1) is 6.92 Å². The third-order valence-corrected chi connectivity index (χ3v) is 4.09. The van der Waals surface area contributed by atoms with Crippen LogP contribution in [0.25, 0.3) is 0 Å². The smallest absolute Gasteiger partial charge is 0.338 e. The van der Waals surface area contributed by atoms with Crippen molar-refractivity contribution < 1.29 is 28.6 Å². The van der Waals surface area contributed by atoms with Gasteiger partial charge in [0.2, 0.25) is 0 Å². The van der Waals surface area contributed by atoms with Gasteiger partial charge in [-0.05, 0) is 31.2 Å². The molecule has 8 nitrogen and oxygen atoms in total. The first-order valence-corrected chi connectivity index (χ1v) is 8.48. The summed E-state index contributed by atoms with van der Waals surface area (Å²) in [5, 5.41) is 0.239. The molecule has 0 aliphatic carbocycles. The van der Waals surface area contributed by atoms with Crippen molar-refractivity contribution in [3.63, 3.8) is 0 Å². The van der Waals surface area contributed by atoms with Crippen molar-refractivity contribution in [3.8, 4) is 11.5 Å². The first-order chi connectivity index (χ1) is 13.4. The van der Waals surface area contributed by atoms with Crippen LogP contribution in [0.2, 0.25) is 5.02 Å². The van der Waals surface area contributed by atoms with E-state index in [0.29, 0.717) is 11.5 Å². The molecule has 0 saturated carbocycles. The Kier molecular flexibility index (Phi) is 7.22. The maximum absolute atomic E-state index is 12.2. The van der Waals surface area contributed by atoms with Gasteiger partial charge in [-0.1, -0.05) is 23.7 Å². The molecule has 0 fully saturated rings. The van der Waals surface area contributed by atoms with Crippen molar-refractivity contribution in [1.82, 2.24) is 10.9 Å². The number of benzene rings is 2. The van der Waals surface area contributed by atoms with Crippen LogP contribution in [0.1, 0.15) is 26.3 Å². The lowest BCUT2D eigenvalue weighted by atomic mass is 10.1. The highest BCUT2D eigenvalue weighted by atomic mass is 35.5. The number of rotatable bonds is 6. The molecule has 28 heavy (non-hydrogen) atoms. The average molecular weight is 407 g/mol. The minimum atomic E-state index is -0.746. The van der Waals surface area contributed by atoms with E-state index >= 15 is 0 Å². The quantitative estimate of drug-likeness (QED) is 0.563. The van der Waals surface area contributed by atoms with Crippen LogP contribution < -0.4 is 20.3 Å². The molecular formula is C19H19ClN2O6. The van der Waals surface area contributed by atoms with E-state index in [1.165, 1.54) is 32.4 Å². The molecule has 2 N–H and O–H groups in total. The van der Waals surface area contributed by atoms with Crippen molar-refractivity contribution in [3.05, 3.63) is 58.1 Å². The molecular weight excluding hydrogens is 388 g/mol. The molecule has 0 aromatic heterocycles. The topological polar surface area (TPSA) is 103 Å². The first kappa shape index (κ1) is 21.0.